The molecule has 2 amide bonds. The third kappa shape index (κ3) is 4.32. The number of benzene rings is 3. The van der Waals surface area contributed by atoms with Gasteiger partial charge in [0.25, 0.3) is 5.91 Å². The second-order valence-electron chi connectivity index (χ2n) is 9.08. The standard InChI is InChI=1S/C27H29N3O4S/c1-2-30-23-15-14-22(20-11-8-12-21(25(20)23)27(30)32)28-26(31)24-13-6-7-16-29(24)17-18-35(33,34)19-9-4-3-5-10-19/h3-5,8-12,14-15,24H,2,6-7,13,16-18H2,1H3,(H,28,31). The van der Waals surface area contributed by atoms with Gasteiger partial charge in [0.05, 0.1) is 22.4 Å². The van der Waals surface area contributed by atoms with Gasteiger partial charge in [0, 0.05) is 35.1 Å². The molecule has 0 aliphatic carbocycles. The summed E-state index contributed by atoms with van der Waals surface area (Å²) in [7, 11) is -3.42. The van der Waals surface area contributed by atoms with Gasteiger partial charge in [0.15, 0.2) is 9.84 Å². The summed E-state index contributed by atoms with van der Waals surface area (Å²) in [6.07, 6.45) is 2.54. The molecule has 0 spiro atoms. The fraction of sp³-hybridized carbons (Fsp3) is 0.333. The van der Waals surface area contributed by atoms with Crippen LogP contribution in [0.1, 0.15) is 36.5 Å². The first kappa shape index (κ1) is 23.5. The van der Waals surface area contributed by atoms with Crippen molar-refractivity contribution in [1.29, 1.82) is 0 Å². The number of amides is 2. The van der Waals surface area contributed by atoms with E-state index in [1.165, 1.54) is 0 Å². The number of hydrogen-bond donors (Lipinski definition) is 1. The average Bonchev–Trinajstić information content (AvgIpc) is 3.17. The Balaban J connectivity index is 1.36. The van der Waals surface area contributed by atoms with E-state index in [4.69, 9.17) is 0 Å². The molecule has 1 fully saturated rings. The first-order valence-corrected chi connectivity index (χ1v) is 13.8. The van der Waals surface area contributed by atoms with Gasteiger partial charge in [-0.1, -0.05) is 36.8 Å². The Kier molecular flexibility index (Phi) is 6.34. The van der Waals surface area contributed by atoms with Crippen molar-refractivity contribution in [2.24, 2.45) is 0 Å². The Hall–Kier alpha value is -3.23. The molecule has 2 aliphatic heterocycles. The molecule has 0 radical (unpaired) electrons. The molecule has 182 valence electrons. The molecule has 7 nitrogen and oxygen atoms in total. The van der Waals surface area contributed by atoms with Crippen LogP contribution >= 0.6 is 0 Å². The smallest absolute Gasteiger partial charge is 0.258 e. The molecule has 5 rings (SSSR count). The summed E-state index contributed by atoms with van der Waals surface area (Å²) in [5, 5.41) is 4.79. The van der Waals surface area contributed by atoms with E-state index in [0.717, 1.165) is 29.3 Å². The largest absolute Gasteiger partial charge is 0.324 e. The molecule has 2 aliphatic rings. The predicted octanol–water partition coefficient (Wildman–Crippen LogP) is 4.09. The molecule has 1 unspecified atom stereocenters. The lowest BCUT2D eigenvalue weighted by Crippen LogP contribution is -2.48. The van der Waals surface area contributed by atoms with Gasteiger partial charge in [-0.3, -0.25) is 14.5 Å². The van der Waals surface area contributed by atoms with Gasteiger partial charge in [0.1, 0.15) is 0 Å². The number of carbonyl (C=O) groups is 2. The van der Waals surface area contributed by atoms with E-state index in [0.29, 0.717) is 42.2 Å². The molecular formula is C27H29N3O4S. The van der Waals surface area contributed by atoms with Crippen molar-refractivity contribution in [1.82, 2.24) is 4.90 Å². The number of hydrogen-bond acceptors (Lipinski definition) is 5. The van der Waals surface area contributed by atoms with Crippen molar-refractivity contribution in [3.63, 3.8) is 0 Å². The second-order valence-corrected chi connectivity index (χ2v) is 11.2. The van der Waals surface area contributed by atoms with Gasteiger partial charge < -0.3 is 10.2 Å². The summed E-state index contributed by atoms with van der Waals surface area (Å²) in [5.74, 6) is -0.189. The Morgan fingerprint density at radius 2 is 1.83 bits per heavy atom. The van der Waals surface area contributed by atoms with Crippen molar-refractivity contribution in [3.8, 4) is 0 Å². The van der Waals surface area contributed by atoms with Crippen molar-refractivity contribution in [3.05, 3.63) is 66.2 Å². The van der Waals surface area contributed by atoms with Crippen LogP contribution in [0.2, 0.25) is 0 Å². The number of rotatable bonds is 7. The summed E-state index contributed by atoms with van der Waals surface area (Å²) in [5.41, 5.74) is 2.19. The minimum absolute atomic E-state index is 0.0188. The molecule has 35 heavy (non-hydrogen) atoms. The third-order valence-electron chi connectivity index (χ3n) is 7.02. The molecule has 3 aromatic carbocycles. The highest BCUT2D eigenvalue weighted by Crippen LogP contribution is 2.40. The molecule has 1 saturated heterocycles. The van der Waals surface area contributed by atoms with E-state index in [-0.39, 0.29) is 17.6 Å². The number of piperidine rings is 1. The summed E-state index contributed by atoms with van der Waals surface area (Å²) in [6, 6.07) is 17.4. The molecule has 2 heterocycles. The zero-order chi connectivity index (χ0) is 24.6. The summed E-state index contributed by atoms with van der Waals surface area (Å²) < 4.78 is 25.6. The molecule has 0 saturated carbocycles. The molecule has 3 aromatic rings. The number of sulfone groups is 1. The van der Waals surface area contributed by atoms with Gasteiger partial charge in [0.2, 0.25) is 5.91 Å². The summed E-state index contributed by atoms with van der Waals surface area (Å²) in [6.45, 7) is 3.52. The maximum absolute atomic E-state index is 13.4. The van der Waals surface area contributed by atoms with E-state index in [1.54, 1.807) is 35.2 Å². The van der Waals surface area contributed by atoms with Crippen molar-refractivity contribution < 1.29 is 18.0 Å². The zero-order valence-corrected chi connectivity index (χ0v) is 20.6. The van der Waals surface area contributed by atoms with Crippen molar-refractivity contribution in [2.75, 3.05) is 35.6 Å². The lowest BCUT2D eigenvalue weighted by Gasteiger charge is -2.34. The van der Waals surface area contributed by atoms with E-state index >= 15 is 0 Å². The third-order valence-corrected chi connectivity index (χ3v) is 8.74. The Morgan fingerprint density at radius 1 is 1.03 bits per heavy atom. The van der Waals surface area contributed by atoms with Crippen LogP contribution in [0.5, 0.6) is 0 Å². The summed E-state index contributed by atoms with van der Waals surface area (Å²) in [4.78, 5) is 30.2. The number of likely N-dealkylation sites (tertiary alicyclic amines) is 1. The van der Waals surface area contributed by atoms with Crippen LogP contribution in [-0.2, 0) is 14.6 Å². The maximum atomic E-state index is 13.4. The van der Waals surface area contributed by atoms with Crippen molar-refractivity contribution in [2.45, 2.75) is 37.1 Å². The van der Waals surface area contributed by atoms with E-state index in [1.807, 2.05) is 42.2 Å². The predicted molar refractivity (Wildman–Crippen MR) is 138 cm³/mol. The van der Waals surface area contributed by atoms with Gasteiger partial charge in [-0.15, -0.1) is 0 Å². The molecule has 1 atom stereocenters. The normalized spacial score (nSPS) is 18.3. The summed E-state index contributed by atoms with van der Waals surface area (Å²) >= 11 is 0. The monoisotopic (exact) mass is 491 g/mol. The topological polar surface area (TPSA) is 86.8 Å². The lowest BCUT2D eigenvalue weighted by atomic mass is 10.0. The SMILES string of the molecule is CCN1C(=O)c2cccc3c(NC(=O)C4CCCCN4CCS(=O)(=O)c4ccccc4)ccc1c23. The quantitative estimate of drug-likeness (QED) is 0.538. The first-order chi connectivity index (χ1) is 16.9. The van der Waals surface area contributed by atoms with Gasteiger partial charge >= 0.3 is 0 Å². The van der Waals surface area contributed by atoms with Gasteiger partial charge in [-0.05, 0) is 56.6 Å². The Morgan fingerprint density at radius 3 is 2.60 bits per heavy atom. The number of anilines is 2. The highest BCUT2D eigenvalue weighted by atomic mass is 32.2. The maximum Gasteiger partial charge on any atom is 0.258 e. The lowest BCUT2D eigenvalue weighted by molar-refractivity contribution is -0.122. The minimum Gasteiger partial charge on any atom is -0.324 e. The highest BCUT2D eigenvalue weighted by Gasteiger charge is 2.32. The van der Waals surface area contributed by atoms with Crippen LogP contribution in [0, 0.1) is 0 Å². The molecule has 1 N–H and O–H groups in total. The van der Waals surface area contributed by atoms with Crippen LogP contribution in [0.3, 0.4) is 0 Å². The van der Waals surface area contributed by atoms with Crippen LogP contribution in [0.4, 0.5) is 11.4 Å². The average molecular weight is 492 g/mol. The number of nitrogens with zero attached hydrogens (tertiary/aromatic N) is 2. The van der Waals surface area contributed by atoms with Gasteiger partial charge in [-0.2, -0.15) is 0 Å². The van der Waals surface area contributed by atoms with Crippen molar-refractivity contribution >= 4 is 43.8 Å². The Bertz CT molecular complexity index is 1390. The van der Waals surface area contributed by atoms with Crippen LogP contribution in [0.25, 0.3) is 10.8 Å². The number of nitrogens with one attached hydrogen (secondary N) is 1. The minimum atomic E-state index is -3.42. The van der Waals surface area contributed by atoms with E-state index in [2.05, 4.69) is 5.32 Å². The van der Waals surface area contributed by atoms with E-state index < -0.39 is 15.9 Å². The van der Waals surface area contributed by atoms with Gasteiger partial charge in [-0.25, -0.2) is 8.42 Å². The molecule has 0 bridgehead atoms. The van der Waals surface area contributed by atoms with Crippen LogP contribution in [0.15, 0.2) is 65.6 Å². The Labute approximate surface area is 205 Å². The van der Waals surface area contributed by atoms with Crippen LogP contribution in [-0.4, -0.2) is 56.6 Å². The first-order valence-electron chi connectivity index (χ1n) is 12.1. The fourth-order valence-corrected chi connectivity index (χ4v) is 6.51. The molecular weight excluding hydrogens is 462 g/mol. The zero-order valence-electron chi connectivity index (χ0n) is 19.7. The number of carbonyl (C=O) groups excluding carboxylic acids is 2. The highest BCUT2D eigenvalue weighted by molar-refractivity contribution is 7.91. The van der Waals surface area contributed by atoms with E-state index in [9.17, 15) is 18.0 Å². The molecule has 8 heteroatoms. The van der Waals surface area contributed by atoms with Crippen LogP contribution < -0.4 is 10.2 Å². The second kappa shape index (κ2) is 9.43. The fourth-order valence-electron chi connectivity index (χ4n) is 5.22. The molecule has 0 aromatic heterocycles.